The van der Waals surface area contributed by atoms with E-state index in [0.717, 1.165) is 22.6 Å². The molecule has 0 fully saturated rings. The Morgan fingerprint density at radius 3 is 2.83 bits per heavy atom. The molecule has 1 aromatic heterocycles. The summed E-state index contributed by atoms with van der Waals surface area (Å²) in [6.07, 6.45) is 0. The number of benzene rings is 1. The first-order valence-electron chi connectivity index (χ1n) is 4.97. The number of anilines is 1. The zero-order valence-electron chi connectivity index (χ0n) is 9.02. The molecule has 2 rings (SSSR count). The van der Waals surface area contributed by atoms with E-state index in [0.29, 0.717) is 11.0 Å². The van der Waals surface area contributed by atoms with Crippen LogP contribution < -0.4 is 5.32 Å². The Hall–Kier alpha value is -1.47. The molecule has 2 aromatic rings. The maximum absolute atomic E-state index is 12.9. The molecule has 7 heteroatoms. The Kier molecular flexibility index (Phi) is 3.93. The summed E-state index contributed by atoms with van der Waals surface area (Å²) in [7, 11) is 0. The fraction of sp³-hybridized carbons (Fsp3) is 0.0909. The van der Waals surface area contributed by atoms with Crippen LogP contribution in [0.3, 0.4) is 0 Å². The van der Waals surface area contributed by atoms with Crippen LogP contribution in [0.5, 0.6) is 0 Å². The van der Waals surface area contributed by atoms with Crippen molar-refractivity contribution >= 4 is 38.0 Å². The molecule has 0 radical (unpaired) electrons. The van der Waals surface area contributed by atoms with Gasteiger partial charge in [0.25, 0.3) is 0 Å². The zero-order chi connectivity index (χ0) is 13.1. The second kappa shape index (κ2) is 5.45. The fourth-order valence-corrected chi connectivity index (χ4v) is 2.60. The van der Waals surface area contributed by atoms with Gasteiger partial charge in [-0.05, 0) is 39.7 Å². The molecule has 1 aromatic carbocycles. The molecule has 0 atom stereocenters. The summed E-state index contributed by atoms with van der Waals surface area (Å²) in [5, 5.41) is 15.4. The van der Waals surface area contributed by atoms with Gasteiger partial charge in [0.1, 0.15) is 5.82 Å². The number of thiophene rings is 1. The Labute approximate surface area is 115 Å². The minimum absolute atomic E-state index is 0.116. The maximum atomic E-state index is 12.9. The molecule has 1 N–H and O–H groups in total. The van der Waals surface area contributed by atoms with Crippen LogP contribution >= 0.6 is 27.3 Å². The van der Waals surface area contributed by atoms with Crippen molar-refractivity contribution in [1.29, 1.82) is 0 Å². The highest BCUT2D eigenvalue weighted by molar-refractivity contribution is 9.10. The molecular formula is C11H8BrFN2O2S. The fourth-order valence-electron chi connectivity index (χ4n) is 1.38. The molecule has 0 unspecified atom stereocenters. The van der Waals surface area contributed by atoms with Crippen LogP contribution in [-0.4, -0.2) is 4.92 Å². The first kappa shape index (κ1) is 13.0. The molecule has 0 bridgehead atoms. The Morgan fingerprint density at radius 1 is 1.44 bits per heavy atom. The molecule has 1 heterocycles. The van der Waals surface area contributed by atoms with Gasteiger partial charge in [0, 0.05) is 28.2 Å². The van der Waals surface area contributed by atoms with Crippen molar-refractivity contribution in [1.82, 2.24) is 0 Å². The topological polar surface area (TPSA) is 55.2 Å². The van der Waals surface area contributed by atoms with Crippen molar-refractivity contribution in [2.24, 2.45) is 0 Å². The number of hydrogen-bond donors (Lipinski definition) is 1. The first-order valence-corrected chi connectivity index (χ1v) is 6.64. The van der Waals surface area contributed by atoms with E-state index in [-0.39, 0.29) is 10.8 Å². The highest BCUT2D eigenvalue weighted by atomic mass is 79.9. The summed E-state index contributed by atoms with van der Waals surface area (Å²) in [6, 6.07) is 5.84. The lowest BCUT2D eigenvalue weighted by atomic mass is 10.3. The van der Waals surface area contributed by atoms with Gasteiger partial charge < -0.3 is 5.32 Å². The highest BCUT2D eigenvalue weighted by Gasteiger charge is 2.09. The average Bonchev–Trinajstić information content (AvgIpc) is 2.76. The number of nitro groups is 1. The minimum atomic E-state index is -0.415. The largest absolute Gasteiger partial charge is 0.380 e. The zero-order valence-corrected chi connectivity index (χ0v) is 11.4. The third-order valence-corrected chi connectivity index (χ3v) is 3.82. The van der Waals surface area contributed by atoms with Crippen LogP contribution in [0, 0.1) is 15.9 Å². The van der Waals surface area contributed by atoms with Crippen molar-refractivity contribution in [2.75, 3.05) is 5.32 Å². The van der Waals surface area contributed by atoms with Crippen molar-refractivity contribution < 1.29 is 9.31 Å². The highest BCUT2D eigenvalue weighted by Crippen LogP contribution is 2.26. The van der Waals surface area contributed by atoms with Crippen LogP contribution in [0.4, 0.5) is 15.1 Å². The van der Waals surface area contributed by atoms with Crippen molar-refractivity contribution in [3.63, 3.8) is 0 Å². The van der Waals surface area contributed by atoms with E-state index in [1.165, 1.54) is 18.2 Å². The van der Waals surface area contributed by atoms with Crippen LogP contribution in [-0.2, 0) is 6.54 Å². The van der Waals surface area contributed by atoms with Gasteiger partial charge in [-0.1, -0.05) is 11.3 Å². The van der Waals surface area contributed by atoms with Crippen LogP contribution in [0.2, 0.25) is 0 Å². The van der Waals surface area contributed by atoms with Gasteiger partial charge >= 0.3 is 5.00 Å². The van der Waals surface area contributed by atoms with Crippen LogP contribution in [0.1, 0.15) is 5.56 Å². The number of rotatable bonds is 4. The maximum Gasteiger partial charge on any atom is 0.324 e. The van der Waals surface area contributed by atoms with Gasteiger partial charge in [-0.3, -0.25) is 10.1 Å². The number of nitrogens with zero attached hydrogens (tertiary/aromatic N) is 1. The van der Waals surface area contributed by atoms with Crippen molar-refractivity contribution in [2.45, 2.75) is 6.54 Å². The van der Waals surface area contributed by atoms with E-state index >= 15 is 0 Å². The number of halogens is 2. The van der Waals surface area contributed by atoms with E-state index in [1.807, 2.05) is 0 Å². The molecule has 0 saturated carbocycles. The Balaban J connectivity index is 2.04. The van der Waals surface area contributed by atoms with Crippen LogP contribution in [0.25, 0.3) is 0 Å². The third kappa shape index (κ3) is 3.05. The van der Waals surface area contributed by atoms with E-state index < -0.39 is 4.92 Å². The summed E-state index contributed by atoms with van der Waals surface area (Å²) in [5.41, 5.74) is 1.56. The molecule has 18 heavy (non-hydrogen) atoms. The quantitative estimate of drug-likeness (QED) is 0.676. The summed E-state index contributed by atoms with van der Waals surface area (Å²) in [5.74, 6) is -0.321. The first-order chi connectivity index (χ1) is 8.56. The van der Waals surface area contributed by atoms with Crippen molar-refractivity contribution in [3.8, 4) is 0 Å². The molecule has 4 nitrogen and oxygen atoms in total. The third-order valence-electron chi connectivity index (χ3n) is 2.23. The summed E-state index contributed by atoms with van der Waals surface area (Å²) < 4.78 is 13.5. The molecule has 0 spiro atoms. The van der Waals surface area contributed by atoms with Gasteiger partial charge in [0.2, 0.25) is 0 Å². The monoisotopic (exact) mass is 330 g/mol. The molecule has 0 aliphatic rings. The molecule has 0 aliphatic heterocycles. The normalized spacial score (nSPS) is 10.3. The van der Waals surface area contributed by atoms with Gasteiger partial charge in [-0.25, -0.2) is 4.39 Å². The lowest BCUT2D eigenvalue weighted by molar-refractivity contribution is -0.380. The van der Waals surface area contributed by atoms with E-state index in [4.69, 9.17) is 0 Å². The Bertz CT molecular complexity index is 588. The molecular weight excluding hydrogens is 323 g/mol. The van der Waals surface area contributed by atoms with Gasteiger partial charge in [0.15, 0.2) is 0 Å². The predicted octanol–water partition coefficient (Wildman–Crippen LogP) is 4.17. The lowest BCUT2D eigenvalue weighted by Gasteiger charge is -2.07. The minimum Gasteiger partial charge on any atom is -0.380 e. The van der Waals surface area contributed by atoms with Gasteiger partial charge in [-0.15, -0.1) is 0 Å². The van der Waals surface area contributed by atoms with Gasteiger partial charge in [-0.2, -0.15) is 0 Å². The number of hydrogen-bond acceptors (Lipinski definition) is 4. The van der Waals surface area contributed by atoms with Crippen LogP contribution in [0.15, 0.2) is 34.1 Å². The second-order valence-electron chi connectivity index (χ2n) is 3.53. The summed E-state index contributed by atoms with van der Waals surface area (Å²) in [4.78, 5) is 10.1. The molecule has 94 valence electrons. The second-order valence-corrected chi connectivity index (χ2v) is 5.27. The summed E-state index contributed by atoms with van der Waals surface area (Å²) >= 11 is 4.33. The average molecular weight is 331 g/mol. The predicted molar refractivity (Wildman–Crippen MR) is 72.4 cm³/mol. The Morgan fingerprint density at radius 2 is 2.22 bits per heavy atom. The van der Waals surface area contributed by atoms with Crippen molar-refractivity contribution in [3.05, 3.63) is 55.6 Å². The van der Waals surface area contributed by atoms with E-state index in [2.05, 4.69) is 21.2 Å². The van der Waals surface area contributed by atoms with E-state index in [9.17, 15) is 14.5 Å². The van der Waals surface area contributed by atoms with E-state index in [1.54, 1.807) is 11.4 Å². The van der Waals surface area contributed by atoms with Gasteiger partial charge in [0.05, 0.1) is 4.92 Å². The molecule has 0 saturated heterocycles. The molecule has 0 aliphatic carbocycles. The standard InChI is InChI=1S/C11H8BrFN2O2S/c12-9-4-8(13)1-2-10(9)14-5-7-3-11(15(16)17)18-6-7/h1-4,6,14H,5H2. The lowest BCUT2D eigenvalue weighted by Crippen LogP contribution is -1.99. The molecule has 0 amide bonds. The number of nitrogens with one attached hydrogen (secondary N) is 1. The summed E-state index contributed by atoms with van der Waals surface area (Å²) in [6.45, 7) is 0.453. The smallest absolute Gasteiger partial charge is 0.324 e. The SMILES string of the molecule is O=[N+]([O-])c1cc(CNc2ccc(F)cc2Br)cs1.